The van der Waals surface area contributed by atoms with E-state index in [0.29, 0.717) is 41.9 Å². The number of benzene rings is 3. The average molecular weight is 587 g/mol. The highest BCUT2D eigenvalue weighted by atomic mass is 35.5. The zero-order valence-corrected chi connectivity index (χ0v) is 24.3. The number of aliphatic hydroxyl groups excluding tert-OH is 1. The van der Waals surface area contributed by atoms with Gasteiger partial charge in [0.05, 0.1) is 40.7 Å². The maximum absolute atomic E-state index is 12.8. The number of carbonyl (C=O) groups excluding carboxylic acids is 1. The number of fused-ring (bicyclic) bond motifs is 1. The van der Waals surface area contributed by atoms with Crippen LogP contribution in [0.3, 0.4) is 0 Å². The summed E-state index contributed by atoms with van der Waals surface area (Å²) in [6.45, 7) is 6.98. The van der Waals surface area contributed by atoms with Crippen LogP contribution in [0.5, 0.6) is 0 Å². The fourth-order valence-corrected chi connectivity index (χ4v) is 5.40. The minimum Gasteiger partial charge on any atom is -0.462 e. The van der Waals surface area contributed by atoms with Crippen molar-refractivity contribution in [1.82, 2.24) is 14.9 Å². The van der Waals surface area contributed by atoms with Gasteiger partial charge < -0.3 is 19.7 Å². The molecule has 4 rings (SSSR count). The topological polar surface area (TPSA) is 123 Å². The number of halogens is 1. The molecule has 11 heteroatoms. The van der Waals surface area contributed by atoms with Crippen molar-refractivity contribution in [1.29, 1.82) is 0 Å². The summed E-state index contributed by atoms with van der Waals surface area (Å²) in [6, 6.07) is 20.4. The van der Waals surface area contributed by atoms with Crippen LogP contribution in [0.4, 0.5) is 5.69 Å². The number of ether oxygens (including phenoxy) is 1. The second-order valence-corrected chi connectivity index (χ2v) is 11.6. The second-order valence-electron chi connectivity index (χ2n) is 9.87. The lowest BCUT2D eigenvalue weighted by molar-refractivity contribution is 0.0528. The Hall–Kier alpha value is -3.44. The van der Waals surface area contributed by atoms with E-state index in [2.05, 4.69) is 15.0 Å². The van der Waals surface area contributed by atoms with Crippen molar-refractivity contribution in [2.45, 2.75) is 50.3 Å². The van der Waals surface area contributed by atoms with Gasteiger partial charge in [-0.05, 0) is 57.5 Å². The maximum Gasteiger partial charge on any atom is 0.340 e. The van der Waals surface area contributed by atoms with E-state index in [1.807, 2.05) is 30.5 Å². The minimum atomic E-state index is -3.80. The van der Waals surface area contributed by atoms with E-state index in [-0.39, 0.29) is 29.4 Å². The Balaban J connectivity index is 0.00000441. The monoisotopic (exact) mass is 586 g/mol. The molecule has 0 bridgehead atoms. The summed E-state index contributed by atoms with van der Waals surface area (Å²) in [4.78, 5) is 16.9. The second kappa shape index (κ2) is 13.3. The van der Waals surface area contributed by atoms with E-state index in [4.69, 9.17) is 4.74 Å². The molecule has 3 N–H and O–H groups in total. The number of nitrogens with zero attached hydrogens (tertiary/aromatic N) is 2. The fraction of sp³-hybridized carbons (Fsp3) is 0.310. The smallest absolute Gasteiger partial charge is 0.340 e. The number of para-hydroxylation sites is 2. The van der Waals surface area contributed by atoms with Crippen molar-refractivity contribution < 1.29 is 23.1 Å². The number of hydrogen-bond donors (Lipinski definition) is 3. The van der Waals surface area contributed by atoms with Gasteiger partial charge in [-0.3, -0.25) is 4.72 Å². The largest absolute Gasteiger partial charge is 0.462 e. The van der Waals surface area contributed by atoms with E-state index in [9.17, 15) is 18.3 Å². The van der Waals surface area contributed by atoms with Crippen LogP contribution in [0, 0.1) is 0 Å². The zero-order valence-electron chi connectivity index (χ0n) is 22.7. The van der Waals surface area contributed by atoms with Crippen molar-refractivity contribution in [2.24, 2.45) is 0 Å². The lowest BCUT2D eigenvalue weighted by atomic mass is 9.99. The molecule has 1 atom stereocenters. The van der Waals surface area contributed by atoms with Crippen molar-refractivity contribution in [3.8, 4) is 0 Å². The van der Waals surface area contributed by atoms with Crippen LogP contribution in [0.15, 0.2) is 84.0 Å². The van der Waals surface area contributed by atoms with Crippen LogP contribution in [0.2, 0.25) is 0 Å². The molecule has 40 heavy (non-hydrogen) atoms. The predicted octanol–water partition coefficient (Wildman–Crippen LogP) is 4.93. The summed E-state index contributed by atoms with van der Waals surface area (Å²) in [6.07, 6.45) is 1.48. The third-order valence-electron chi connectivity index (χ3n) is 6.52. The van der Waals surface area contributed by atoms with Crippen LogP contribution in [-0.2, 0) is 21.3 Å². The van der Waals surface area contributed by atoms with Crippen LogP contribution in [0.25, 0.3) is 11.0 Å². The Morgan fingerprint density at radius 2 is 1.75 bits per heavy atom. The summed E-state index contributed by atoms with van der Waals surface area (Å²) in [7, 11) is -3.80. The normalized spacial score (nSPS) is 12.5. The molecule has 3 aromatic carbocycles. The van der Waals surface area contributed by atoms with Crippen molar-refractivity contribution in [2.75, 3.05) is 17.9 Å². The number of rotatable bonds is 12. The first-order valence-electron chi connectivity index (χ1n) is 12.8. The lowest BCUT2D eigenvalue weighted by Crippen LogP contribution is -2.42. The minimum absolute atomic E-state index is 0. The van der Waals surface area contributed by atoms with Crippen LogP contribution in [-0.4, -0.2) is 47.7 Å². The first-order chi connectivity index (χ1) is 18.6. The molecule has 0 fully saturated rings. The van der Waals surface area contributed by atoms with Crippen molar-refractivity contribution in [3.63, 3.8) is 0 Å². The summed E-state index contributed by atoms with van der Waals surface area (Å²) in [5.74, 6) is -0.393. The number of sulfonamides is 1. The SMILES string of the molecule is CCOC(=O)c1cccc2c1ncn2CCC(C)(C)NCC(O)c1ccccc1NS(=O)(=O)c1ccccc1.Cl. The van der Waals surface area contributed by atoms with Gasteiger partial charge in [-0.25, -0.2) is 18.2 Å². The molecule has 1 unspecified atom stereocenters. The molecule has 9 nitrogen and oxygen atoms in total. The van der Waals surface area contributed by atoms with Gasteiger partial charge in [0.25, 0.3) is 10.0 Å². The van der Waals surface area contributed by atoms with Gasteiger partial charge >= 0.3 is 5.97 Å². The third-order valence-corrected chi connectivity index (χ3v) is 7.90. The molecular formula is C29H35ClN4O5S. The van der Waals surface area contributed by atoms with Gasteiger partial charge in [0.15, 0.2) is 0 Å². The van der Waals surface area contributed by atoms with Gasteiger partial charge in [0.1, 0.15) is 5.52 Å². The number of aromatic nitrogens is 2. The number of esters is 1. The zero-order chi connectivity index (χ0) is 28.0. The summed E-state index contributed by atoms with van der Waals surface area (Å²) in [5.41, 5.74) is 2.33. The number of imidazole rings is 1. The average Bonchev–Trinajstić information content (AvgIpc) is 3.35. The molecule has 0 spiro atoms. The molecule has 0 radical (unpaired) electrons. The Bertz CT molecular complexity index is 1540. The highest BCUT2D eigenvalue weighted by molar-refractivity contribution is 7.92. The molecule has 0 aliphatic heterocycles. The standard InChI is InChI=1S/C29H34N4O5S.ClH/c1-4-38-28(35)23-14-10-16-25-27(23)30-20-33(25)18-17-29(2,3)31-19-26(34)22-13-8-9-15-24(22)32-39(36,37)21-11-6-5-7-12-21;/h5-16,20,26,31-32,34H,4,17-19H2,1-3H3;1H. The number of hydrogen-bond acceptors (Lipinski definition) is 7. The first-order valence-corrected chi connectivity index (χ1v) is 14.3. The summed E-state index contributed by atoms with van der Waals surface area (Å²) in [5, 5.41) is 14.4. The Kier molecular flexibility index (Phi) is 10.3. The van der Waals surface area contributed by atoms with E-state index in [1.54, 1.807) is 61.8 Å². The molecule has 4 aromatic rings. The number of aryl methyl sites for hydroxylation is 1. The van der Waals surface area contributed by atoms with Crippen molar-refractivity contribution >= 4 is 45.1 Å². The van der Waals surface area contributed by atoms with E-state index < -0.39 is 22.1 Å². The number of nitrogens with one attached hydrogen (secondary N) is 2. The Labute approximate surface area is 241 Å². The molecule has 1 heterocycles. The van der Waals surface area contributed by atoms with Gasteiger partial charge in [-0.2, -0.15) is 0 Å². The van der Waals surface area contributed by atoms with Gasteiger partial charge in [0.2, 0.25) is 0 Å². The number of anilines is 1. The molecule has 0 aliphatic carbocycles. The maximum atomic E-state index is 12.8. The summed E-state index contributed by atoms with van der Waals surface area (Å²) >= 11 is 0. The molecule has 0 aliphatic rings. The molecule has 1 aromatic heterocycles. The molecular weight excluding hydrogens is 552 g/mol. The Morgan fingerprint density at radius 3 is 2.48 bits per heavy atom. The van der Waals surface area contributed by atoms with E-state index in [0.717, 1.165) is 5.52 Å². The number of β-amino-alcohol motifs (C(OH)–C–C–N with tert-alkyl or cyclic N) is 1. The van der Waals surface area contributed by atoms with Crippen LogP contribution >= 0.6 is 12.4 Å². The van der Waals surface area contributed by atoms with Crippen molar-refractivity contribution in [3.05, 3.63) is 90.3 Å². The van der Waals surface area contributed by atoms with Gasteiger partial charge in [-0.15, -0.1) is 12.4 Å². The van der Waals surface area contributed by atoms with E-state index >= 15 is 0 Å². The third kappa shape index (κ3) is 7.39. The lowest BCUT2D eigenvalue weighted by Gasteiger charge is -2.28. The molecule has 0 saturated carbocycles. The highest BCUT2D eigenvalue weighted by Gasteiger charge is 2.23. The predicted molar refractivity (Wildman–Crippen MR) is 158 cm³/mol. The quantitative estimate of drug-likeness (QED) is 0.201. The van der Waals surface area contributed by atoms with Gasteiger partial charge in [-0.1, -0.05) is 42.5 Å². The van der Waals surface area contributed by atoms with Crippen LogP contribution in [0.1, 0.15) is 49.2 Å². The van der Waals surface area contributed by atoms with Crippen LogP contribution < -0.4 is 10.0 Å². The molecule has 0 amide bonds. The van der Waals surface area contributed by atoms with Gasteiger partial charge in [0, 0.05) is 24.2 Å². The van der Waals surface area contributed by atoms with E-state index in [1.165, 1.54) is 12.1 Å². The highest BCUT2D eigenvalue weighted by Crippen LogP contribution is 2.26. The fourth-order valence-electron chi connectivity index (χ4n) is 4.30. The summed E-state index contributed by atoms with van der Waals surface area (Å²) < 4.78 is 35.4. The number of aliphatic hydroxyl groups is 1. The first kappa shape index (κ1) is 31.1. The molecule has 214 valence electrons. The Morgan fingerprint density at radius 1 is 1.05 bits per heavy atom. The molecule has 0 saturated heterocycles. The number of carbonyl (C=O) groups is 1.